The second-order valence-electron chi connectivity index (χ2n) is 8.42. The van der Waals surface area contributed by atoms with Crippen LogP contribution in [0.3, 0.4) is 0 Å². The zero-order valence-electron chi connectivity index (χ0n) is 22.1. The van der Waals surface area contributed by atoms with Gasteiger partial charge in [-0.05, 0) is 57.0 Å². The molecule has 37 heavy (non-hydrogen) atoms. The summed E-state index contributed by atoms with van der Waals surface area (Å²) >= 11 is 0. The number of hydrogen-bond acceptors (Lipinski definition) is 11. The molecule has 0 aliphatic heterocycles. The van der Waals surface area contributed by atoms with Crippen LogP contribution in [0.4, 0.5) is 0 Å². The van der Waals surface area contributed by atoms with Gasteiger partial charge in [-0.3, -0.25) is 0 Å². The van der Waals surface area contributed by atoms with Crippen molar-refractivity contribution in [2.24, 2.45) is 5.92 Å². The van der Waals surface area contributed by atoms with Crippen LogP contribution in [0.15, 0.2) is 11.8 Å². The Kier molecular flexibility index (Phi) is 25.1. The molecule has 3 N–H and O–H groups in total. The van der Waals surface area contributed by atoms with Crippen molar-refractivity contribution in [3.8, 4) is 0 Å². The third-order valence-corrected chi connectivity index (χ3v) is 5.13. The number of ether oxygens (including phenoxy) is 1. The molecule has 0 heterocycles. The minimum atomic E-state index is -4.64. The Balaban J connectivity index is 0.00000235. The van der Waals surface area contributed by atoms with Gasteiger partial charge in [0.05, 0.1) is 26.4 Å². The molecule has 1 atom stereocenters. The fraction of sp³-hybridized carbons (Fsp3) is 0.909. The van der Waals surface area contributed by atoms with Gasteiger partial charge in [-0.1, -0.05) is 65.2 Å². The van der Waals surface area contributed by atoms with Crippen molar-refractivity contribution in [2.45, 2.75) is 97.0 Å². The fourth-order valence-corrected chi connectivity index (χ4v) is 3.30. The topological polar surface area (TPSA) is 170 Å². The first-order valence-corrected chi connectivity index (χ1v) is 14.2. The highest BCUT2D eigenvalue weighted by Crippen LogP contribution is 2.26. The minimum Gasteiger partial charge on any atom is -0.378 e. The Hall–Kier alpha value is -0.710. The highest BCUT2D eigenvalue weighted by atomic mass is 31.2. The van der Waals surface area contributed by atoms with Crippen LogP contribution >= 0.6 is 7.82 Å². The van der Waals surface area contributed by atoms with E-state index in [2.05, 4.69) is 37.0 Å². The third kappa shape index (κ3) is 28.1. The lowest BCUT2D eigenvalue weighted by atomic mass is 9.98. The molecule has 0 aromatic carbocycles. The van der Waals surface area contributed by atoms with Crippen molar-refractivity contribution in [1.82, 2.24) is 0 Å². The number of phosphoric acid groups is 1. The van der Waals surface area contributed by atoms with Crippen LogP contribution in [0.25, 0.3) is 0 Å². The van der Waals surface area contributed by atoms with Gasteiger partial charge in [0.2, 0.25) is 0 Å². The van der Waals surface area contributed by atoms with Crippen molar-refractivity contribution in [3.05, 3.63) is 11.8 Å². The average molecular weight is 565 g/mol. The van der Waals surface area contributed by atoms with Gasteiger partial charge in [0, 0.05) is 5.92 Å². The third-order valence-electron chi connectivity index (χ3n) is 5.13. The monoisotopic (exact) mass is 564 g/mol. The van der Waals surface area contributed by atoms with Crippen LogP contribution in [-0.4, -0.2) is 47.7 Å². The molecule has 15 heteroatoms. The summed E-state index contributed by atoms with van der Waals surface area (Å²) in [6.07, 6.45) is 15.7. The molecule has 0 amide bonds. The molecule has 1 saturated carbocycles. The van der Waals surface area contributed by atoms with Gasteiger partial charge in [0.1, 0.15) is 12.4 Å². The van der Waals surface area contributed by atoms with Gasteiger partial charge in [-0.25, -0.2) is 14.3 Å². The fourth-order valence-electron chi connectivity index (χ4n) is 3.30. The maximum Gasteiger partial charge on any atom is 0.466 e. The summed E-state index contributed by atoms with van der Waals surface area (Å²) in [6.45, 7) is 5.02. The quantitative estimate of drug-likeness (QED) is 0.0535. The molecule has 1 fully saturated rings. The van der Waals surface area contributed by atoms with Crippen LogP contribution in [0.5, 0.6) is 0 Å². The van der Waals surface area contributed by atoms with E-state index in [4.69, 9.17) is 38.6 Å². The van der Waals surface area contributed by atoms with E-state index < -0.39 is 7.82 Å². The summed E-state index contributed by atoms with van der Waals surface area (Å²) in [6, 6.07) is 0. The van der Waals surface area contributed by atoms with Crippen LogP contribution < -0.4 is 0 Å². The Morgan fingerprint density at radius 3 is 2.24 bits per heavy atom. The van der Waals surface area contributed by atoms with Crippen molar-refractivity contribution in [2.75, 3.05) is 26.9 Å². The number of allylic oxidation sites excluding steroid dienone is 1. The molecule has 1 aliphatic rings. The molecule has 14 nitrogen and oxygen atoms in total. The van der Waals surface area contributed by atoms with Gasteiger partial charge >= 0.3 is 7.82 Å². The highest BCUT2D eigenvalue weighted by Gasteiger charge is 2.15. The molecule has 0 bridgehead atoms. The molecular formula is C22H45O14P. The van der Waals surface area contributed by atoms with Crippen LogP contribution in [0, 0.1) is 5.92 Å². The van der Waals surface area contributed by atoms with Crippen molar-refractivity contribution < 1.29 is 68.7 Å². The molecule has 0 spiro atoms. The first-order valence-electron chi connectivity index (χ1n) is 12.7. The molecule has 0 saturated heterocycles. The first kappa shape index (κ1) is 36.3. The zero-order chi connectivity index (χ0) is 27.6. The van der Waals surface area contributed by atoms with E-state index in [1.165, 1.54) is 45.6 Å². The summed E-state index contributed by atoms with van der Waals surface area (Å²) in [5, 5.41) is 21.9. The van der Waals surface area contributed by atoms with Gasteiger partial charge < -0.3 is 24.3 Å². The van der Waals surface area contributed by atoms with E-state index in [0.717, 1.165) is 38.5 Å². The van der Waals surface area contributed by atoms with E-state index in [1.807, 2.05) is 13.0 Å². The second-order valence-corrected chi connectivity index (χ2v) is 9.45. The Morgan fingerprint density at radius 2 is 1.57 bits per heavy atom. The molecular weight excluding hydrogens is 519 g/mol. The summed E-state index contributed by atoms with van der Waals surface area (Å²) in [5.74, 6) is 0.653. The van der Waals surface area contributed by atoms with E-state index in [9.17, 15) is 0 Å². The van der Waals surface area contributed by atoms with Gasteiger partial charge in [-0.2, -0.15) is 4.89 Å². The first-order chi connectivity index (χ1) is 17.8. The Bertz CT molecular complexity index is 559. The Labute approximate surface area is 218 Å². The van der Waals surface area contributed by atoms with E-state index in [-0.39, 0.29) is 25.2 Å². The number of rotatable bonds is 22. The predicted octanol–water partition coefficient (Wildman–Crippen LogP) is 4.86. The lowest BCUT2D eigenvalue weighted by molar-refractivity contribution is -0.760. The largest absolute Gasteiger partial charge is 0.466 e. The number of hydrogen-bond donors (Lipinski definition) is 3. The average Bonchev–Trinajstić information content (AvgIpc) is 2.86. The summed E-state index contributed by atoms with van der Waals surface area (Å²) in [5.41, 5.74) is 0. The van der Waals surface area contributed by atoms with E-state index in [0.29, 0.717) is 12.4 Å². The molecule has 0 aromatic heterocycles. The minimum absolute atomic E-state index is 0.0175. The van der Waals surface area contributed by atoms with Crippen molar-refractivity contribution in [1.29, 1.82) is 0 Å². The predicted molar refractivity (Wildman–Crippen MR) is 128 cm³/mol. The van der Waals surface area contributed by atoms with Crippen LogP contribution in [0.1, 0.15) is 90.9 Å². The van der Waals surface area contributed by atoms with Crippen molar-refractivity contribution >= 4 is 7.82 Å². The zero-order valence-corrected chi connectivity index (χ0v) is 23.0. The molecule has 0 aromatic rings. The van der Waals surface area contributed by atoms with Crippen LogP contribution in [-0.2, 0) is 54.0 Å². The van der Waals surface area contributed by atoms with Crippen LogP contribution in [0.2, 0.25) is 0 Å². The Morgan fingerprint density at radius 1 is 0.919 bits per heavy atom. The van der Waals surface area contributed by atoms with Gasteiger partial charge in [0.25, 0.3) is 0 Å². The SMILES string of the molecule is CCCCCCCCC=C(OOOC)C(C)COCCOOOOOOC1CCCCC1.O=P(O)(O)O. The molecule has 1 aliphatic carbocycles. The normalized spacial score (nSPS) is 15.8. The summed E-state index contributed by atoms with van der Waals surface area (Å²) in [7, 11) is -3.25. The summed E-state index contributed by atoms with van der Waals surface area (Å²) < 4.78 is 14.4. The van der Waals surface area contributed by atoms with Gasteiger partial charge in [-0.15, -0.1) is 0 Å². The molecule has 222 valence electrons. The maximum absolute atomic E-state index is 8.88. The van der Waals surface area contributed by atoms with E-state index in [1.54, 1.807) is 0 Å². The number of unbranched alkanes of at least 4 members (excludes halogenated alkanes) is 6. The standard InChI is InChI=1S/C22H42O10.H3O4P/c1-4-5-6-7-8-9-13-16-22(27-28-23-3)20(2)19-24-17-18-25-29-31-32-30-26-21-14-11-10-12-15-21;1-5(2,3)4/h16,20-21H,4-15,17-19H2,1-3H3;(H3,1,2,3,4). The summed E-state index contributed by atoms with van der Waals surface area (Å²) in [4.78, 5) is 41.1. The maximum atomic E-state index is 8.88. The smallest absolute Gasteiger partial charge is 0.378 e. The molecule has 0 radical (unpaired) electrons. The molecule has 1 rings (SSSR count). The molecule has 1 unspecified atom stereocenters. The van der Waals surface area contributed by atoms with Crippen molar-refractivity contribution in [3.63, 3.8) is 0 Å². The lowest BCUT2D eigenvalue weighted by Gasteiger charge is -2.18. The van der Waals surface area contributed by atoms with E-state index >= 15 is 0 Å². The van der Waals surface area contributed by atoms with Gasteiger partial charge in [0.15, 0.2) is 0 Å². The lowest BCUT2D eigenvalue weighted by Crippen LogP contribution is -2.17. The highest BCUT2D eigenvalue weighted by molar-refractivity contribution is 7.45. The second kappa shape index (κ2) is 25.6.